The van der Waals surface area contributed by atoms with Gasteiger partial charge in [-0.25, -0.2) is 0 Å². The van der Waals surface area contributed by atoms with E-state index in [1.165, 1.54) is 17.4 Å². The summed E-state index contributed by atoms with van der Waals surface area (Å²) in [6.07, 6.45) is 0. The molecule has 0 spiro atoms. The Morgan fingerprint density at radius 1 is 0.963 bits per heavy atom. The van der Waals surface area contributed by atoms with Crippen LogP contribution < -0.4 is 10.6 Å². The molecule has 27 heavy (non-hydrogen) atoms. The van der Waals surface area contributed by atoms with Gasteiger partial charge in [0.25, 0.3) is 5.91 Å². The van der Waals surface area contributed by atoms with Crippen molar-refractivity contribution in [3.05, 3.63) is 88.1 Å². The van der Waals surface area contributed by atoms with Crippen molar-refractivity contribution in [3.63, 3.8) is 0 Å². The second kappa shape index (κ2) is 8.75. The van der Waals surface area contributed by atoms with Gasteiger partial charge in [-0.05, 0) is 49.6 Å². The monoisotopic (exact) mass is 379 g/mol. The molecule has 3 aromatic rings. The Hall–Kier alpha value is -2.76. The topological polar surface area (TPSA) is 62.8 Å². The van der Waals surface area contributed by atoms with Gasteiger partial charge in [-0.3, -0.25) is 9.59 Å². The number of quaternary nitrogens is 1. The minimum absolute atomic E-state index is 0.0104. The van der Waals surface area contributed by atoms with Gasteiger partial charge in [0, 0.05) is 16.8 Å². The molecule has 0 saturated carbocycles. The maximum Gasteiger partial charge on any atom is 0.282 e. The largest absolute Gasteiger partial charge is 0.326 e. The molecule has 3 rings (SSSR count). The van der Waals surface area contributed by atoms with Crippen molar-refractivity contribution in [2.24, 2.45) is 0 Å². The molecule has 0 fully saturated rings. The van der Waals surface area contributed by atoms with Gasteiger partial charge in [0.1, 0.15) is 6.04 Å². The van der Waals surface area contributed by atoms with Gasteiger partial charge >= 0.3 is 0 Å². The maximum atomic E-state index is 12.7. The predicted molar refractivity (Wildman–Crippen MR) is 109 cm³/mol. The number of hydrogen-bond acceptors (Lipinski definition) is 3. The molecule has 2 atom stereocenters. The van der Waals surface area contributed by atoms with Crippen LogP contribution in [0.25, 0.3) is 0 Å². The van der Waals surface area contributed by atoms with E-state index in [0.717, 1.165) is 0 Å². The molecule has 1 aromatic heterocycles. The molecule has 2 aromatic carbocycles. The quantitative estimate of drug-likeness (QED) is 0.616. The Balaban J connectivity index is 1.70. The third-order valence-corrected chi connectivity index (χ3v) is 5.42. The van der Waals surface area contributed by atoms with Crippen molar-refractivity contribution in [1.29, 1.82) is 0 Å². The highest BCUT2D eigenvalue weighted by Gasteiger charge is 2.25. The number of benzene rings is 2. The smallest absolute Gasteiger partial charge is 0.282 e. The number of thiophene rings is 1. The van der Waals surface area contributed by atoms with Crippen molar-refractivity contribution in [1.82, 2.24) is 0 Å². The van der Waals surface area contributed by atoms with Crippen LogP contribution in [0.5, 0.6) is 0 Å². The Morgan fingerprint density at radius 3 is 2.26 bits per heavy atom. The molecule has 1 heterocycles. The maximum absolute atomic E-state index is 12.7. The molecule has 0 radical (unpaired) electrons. The number of Topliss-reactive ketones (excluding diaryl/α,β-unsaturated/α-hetero) is 1. The van der Waals surface area contributed by atoms with E-state index in [9.17, 15) is 9.59 Å². The molecule has 4 nitrogen and oxygen atoms in total. The summed E-state index contributed by atoms with van der Waals surface area (Å²) in [6, 6.07) is 21.1. The van der Waals surface area contributed by atoms with Gasteiger partial charge in [-0.2, -0.15) is 0 Å². The zero-order valence-corrected chi connectivity index (χ0v) is 16.2. The molecule has 0 aliphatic heterocycles. The first-order valence-electron chi connectivity index (χ1n) is 8.90. The minimum Gasteiger partial charge on any atom is -0.326 e. The molecule has 0 saturated heterocycles. The fourth-order valence-electron chi connectivity index (χ4n) is 2.92. The number of ketones is 1. The van der Waals surface area contributed by atoms with Crippen LogP contribution in [0.1, 0.15) is 40.7 Å². The minimum atomic E-state index is -0.273. The lowest BCUT2D eigenvalue weighted by Gasteiger charge is -2.19. The molecule has 138 valence electrons. The summed E-state index contributed by atoms with van der Waals surface area (Å²) in [5.74, 6) is -0.0562. The van der Waals surface area contributed by atoms with E-state index >= 15 is 0 Å². The molecule has 1 amide bonds. The fourth-order valence-corrected chi connectivity index (χ4v) is 3.75. The number of carbonyl (C=O) groups is 2. The van der Waals surface area contributed by atoms with Gasteiger partial charge in [0.15, 0.2) is 11.8 Å². The molecular formula is C22H23N2O2S+. The molecular weight excluding hydrogens is 356 g/mol. The highest BCUT2D eigenvalue weighted by molar-refractivity contribution is 7.10. The summed E-state index contributed by atoms with van der Waals surface area (Å²) in [5.41, 5.74) is 2.50. The fraction of sp³-hybridized carbons (Fsp3) is 0.182. The van der Waals surface area contributed by atoms with Gasteiger partial charge in [-0.15, -0.1) is 11.3 Å². The Kier molecular flexibility index (Phi) is 6.16. The summed E-state index contributed by atoms with van der Waals surface area (Å²) in [7, 11) is 0. The van der Waals surface area contributed by atoms with Crippen LogP contribution in [0.2, 0.25) is 0 Å². The average molecular weight is 380 g/mol. The highest BCUT2D eigenvalue weighted by Crippen LogP contribution is 2.22. The highest BCUT2D eigenvalue weighted by atomic mass is 32.1. The number of nitrogens with two attached hydrogens (primary N) is 1. The predicted octanol–water partition coefficient (Wildman–Crippen LogP) is 3.63. The Bertz CT molecular complexity index is 890. The zero-order chi connectivity index (χ0) is 19.2. The number of hydrogen-bond donors (Lipinski definition) is 2. The SMILES string of the molecule is CC(=O)c1ccc(NC(=O)[C@H](C)[NH2+][C@H](c2ccccc2)c2cccs2)cc1. The van der Waals surface area contributed by atoms with E-state index in [-0.39, 0.29) is 23.8 Å². The van der Waals surface area contributed by atoms with E-state index in [0.29, 0.717) is 11.3 Å². The first-order valence-corrected chi connectivity index (χ1v) is 9.78. The summed E-state index contributed by atoms with van der Waals surface area (Å²) in [6.45, 7) is 3.43. The van der Waals surface area contributed by atoms with Crippen molar-refractivity contribution < 1.29 is 14.9 Å². The van der Waals surface area contributed by atoms with Crippen molar-refractivity contribution in [3.8, 4) is 0 Å². The summed E-state index contributed by atoms with van der Waals surface area (Å²) in [5, 5.41) is 7.07. The lowest BCUT2D eigenvalue weighted by Crippen LogP contribution is -2.92. The Labute approximate surface area is 163 Å². The van der Waals surface area contributed by atoms with Gasteiger partial charge in [-0.1, -0.05) is 36.4 Å². The molecule has 0 unspecified atom stereocenters. The van der Waals surface area contributed by atoms with Crippen molar-refractivity contribution >= 4 is 28.7 Å². The lowest BCUT2D eigenvalue weighted by molar-refractivity contribution is -0.703. The van der Waals surface area contributed by atoms with Crippen LogP contribution in [0.15, 0.2) is 72.1 Å². The third kappa shape index (κ3) is 4.90. The number of anilines is 1. The number of carbonyl (C=O) groups excluding carboxylic acids is 2. The molecule has 0 aliphatic carbocycles. The standard InChI is InChI=1S/C22H22N2O2S/c1-15(22(26)24-19-12-10-17(11-13-19)16(2)25)23-21(20-9-6-14-27-20)18-7-4-3-5-8-18/h3-15,21,23H,1-2H3,(H,24,26)/p+1/t15-,21+/m0/s1. The third-order valence-electron chi connectivity index (χ3n) is 4.46. The van der Waals surface area contributed by atoms with Crippen molar-refractivity contribution in [2.75, 3.05) is 5.32 Å². The van der Waals surface area contributed by atoms with Crippen LogP contribution in [0.4, 0.5) is 5.69 Å². The first-order chi connectivity index (χ1) is 13.0. The lowest BCUT2D eigenvalue weighted by atomic mass is 10.0. The van der Waals surface area contributed by atoms with Crippen LogP contribution in [-0.2, 0) is 4.79 Å². The zero-order valence-electron chi connectivity index (χ0n) is 15.4. The molecule has 0 bridgehead atoms. The van der Waals surface area contributed by atoms with E-state index in [1.807, 2.05) is 31.2 Å². The average Bonchev–Trinajstić information content (AvgIpc) is 3.21. The normalized spacial score (nSPS) is 13.0. The van der Waals surface area contributed by atoms with E-state index in [4.69, 9.17) is 0 Å². The van der Waals surface area contributed by atoms with E-state index in [1.54, 1.807) is 35.6 Å². The number of rotatable bonds is 7. The van der Waals surface area contributed by atoms with Gasteiger partial charge < -0.3 is 10.6 Å². The van der Waals surface area contributed by atoms with Crippen LogP contribution in [-0.4, -0.2) is 17.7 Å². The van der Waals surface area contributed by atoms with Gasteiger partial charge in [0.2, 0.25) is 0 Å². The molecule has 3 N–H and O–H groups in total. The summed E-state index contributed by atoms with van der Waals surface area (Å²) >= 11 is 1.69. The van der Waals surface area contributed by atoms with Crippen molar-refractivity contribution in [2.45, 2.75) is 25.9 Å². The van der Waals surface area contributed by atoms with Crippen LogP contribution >= 0.6 is 11.3 Å². The number of amides is 1. The number of nitrogens with one attached hydrogen (secondary N) is 1. The molecule has 0 aliphatic rings. The molecule has 5 heteroatoms. The van der Waals surface area contributed by atoms with E-state index in [2.05, 4.69) is 34.2 Å². The Morgan fingerprint density at radius 2 is 1.67 bits per heavy atom. The first kappa shape index (κ1) is 19.0. The van der Waals surface area contributed by atoms with E-state index < -0.39 is 0 Å². The summed E-state index contributed by atoms with van der Waals surface area (Å²) in [4.78, 5) is 25.2. The van der Waals surface area contributed by atoms with Crippen LogP contribution in [0.3, 0.4) is 0 Å². The summed E-state index contributed by atoms with van der Waals surface area (Å²) < 4.78 is 0. The second-order valence-electron chi connectivity index (χ2n) is 6.51. The van der Waals surface area contributed by atoms with Gasteiger partial charge in [0.05, 0.1) is 4.88 Å². The van der Waals surface area contributed by atoms with Crippen LogP contribution in [0, 0.1) is 0 Å². The second-order valence-corrected chi connectivity index (χ2v) is 7.49.